The Kier molecular flexibility index (Phi) is 12.1. The molecular weight excluding hydrogens is 496 g/mol. The molecule has 1 saturated heterocycles. The lowest BCUT2D eigenvalue weighted by Crippen LogP contribution is -2.51. The summed E-state index contributed by atoms with van der Waals surface area (Å²) in [6.45, 7) is -0.910. The SMILES string of the molecule is N[C@@H](CCC(=O)N[C@@H](CS(=O)(=O)CCO/N=[N+](/[O-])N1CCC(O)CC1)C(=O)NCC(=O)O)C(=O)O. The summed E-state index contributed by atoms with van der Waals surface area (Å²) in [6, 6.07) is -3.03. The monoisotopic (exact) mass is 526 g/mol. The van der Waals surface area contributed by atoms with Gasteiger partial charge in [0, 0.05) is 6.42 Å². The van der Waals surface area contributed by atoms with Crippen molar-refractivity contribution in [2.45, 2.75) is 43.9 Å². The Hall–Kier alpha value is -3.25. The summed E-state index contributed by atoms with van der Waals surface area (Å²) < 4.78 is 24.8. The summed E-state index contributed by atoms with van der Waals surface area (Å²) in [5.74, 6) is -6.33. The lowest BCUT2D eigenvalue weighted by Gasteiger charge is -2.25. The molecule has 0 saturated carbocycles. The number of carbonyl (C=O) groups is 4. The van der Waals surface area contributed by atoms with Gasteiger partial charge in [0.1, 0.15) is 25.2 Å². The Balaban J connectivity index is 2.67. The van der Waals surface area contributed by atoms with Crippen molar-refractivity contribution >= 4 is 33.6 Å². The second kappa shape index (κ2) is 14.2. The van der Waals surface area contributed by atoms with Crippen LogP contribution in [0.1, 0.15) is 25.7 Å². The maximum atomic E-state index is 12.4. The summed E-state index contributed by atoms with van der Waals surface area (Å²) >= 11 is 0. The Morgan fingerprint density at radius 2 is 1.86 bits per heavy atom. The highest BCUT2D eigenvalue weighted by Crippen LogP contribution is 2.10. The lowest BCUT2D eigenvalue weighted by molar-refractivity contribution is -0.713. The molecule has 1 fully saturated rings. The van der Waals surface area contributed by atoms with Crippen molar-refractivity contribution in [2.24, 2.45) is 11.0 Å². The predicted molar refractivity (Wildman–Crippen MR) is 115 cm³/mol. The first-order valence-corrected chi connectivity index (χ1v) is 12.3. The van der Waals surface area contributed by atoms with E-state index in [1.54, 1.807) is 0 Å². The van der Waals surface area contributed by atoms with Crippen molar-refractivity contribution in [3.8, 4) is 0 Å². The number of piperidine rings is 1. The number of aliphatic hydroxyl groups excluding tert-OH is 1. The van der Waals surface area contributed by atoms with Gasteiger partial charge in [0.25, 0.3) is 0 Å². The fourth-order valence-corrected chi connectivity index (χ4v) is 4.05. The summed E-state index contributed by atoms with van der Waals surface area (Å²) in [4.78, 5) is 50.6. The predicted octanol–water partition coefficient (Wildman–Crippen LogP) is -3.46. The molecule has 1 aliphatic heterocycles. The second-order valence-electron chi connectivity index (χ2n) is 7.68. The van der Waals surface area contributed by atoms with Crippen molar-refractivity contribution in [3.63, 3.8) is 0 Å². The molecule has 0 radical (unpaired) electrons. The maximum absolute atomic E-state index is 12.4. The number of hydrazine groups is 1. The lowest BCUT2D eigenvalue weighted by atomic mass is 10.1. The van der Waals surface area contributed by atoms with Gasteiger partial charge in [-0.15, -0.1) is 5.01 Å². The number of nitrogens with two attached hydrogens (primary N) is 1. The van der Waals surface area contributed by atoms with E-state index in [9.17, 15) is 37.9 Å². The van der Waals surface area contributed by atoms with E-state index >= 15 is 0 Å². The van der Waals surface area contributed by atoms with Crippen molar-refractivity contribution in [1.82, 2.24) is 15.6 Å². The van der Waals surface area contributed by atoms with Crippen LogP contribution in [0.3, 0.4) is 0 Å². The van der Waals surface area contributed by atoms with Gasteiger partial charge in [-0.2, -0.15) is 0 Å². The minimum absolute atomic E-state index is 0.142. The number of carbonyl (C=O) groups excluding carboxylic acids is 2. The van der Waals surface area contributed by atoms with Crippen LogP contribution in [0.5, 0.6) is 0 Å². The van der Waals surface area contributed by atoms with Gasteiger partial charge in [-0.3, -0.25) is 19.2 Å². The van der Waals surface area contributed by atoms with Gasteiger partial charge in [0.05, 0.1) is 35.7 Å². The molecular formula is C17H30N6O11S. The first kappa shape index (κ1) is 29.8. The van der Waals surface area contributed by atoms with Gasteiger partial charge < -0.3 is 41.7 Å². The minimum atomic E-state index is -4.08. The Morgan fingerprint density at radius 1 is 1.23 bits per heavy atom. The third-order valence-corrected chi connectivity index (χ3v) is 6.41. The smallest absolute Gasteiger partial charge is 0.322 e. The average molecular weight is 527 g/mol. The van der Waals surface area contributed by atoms with Crippen LogP contribution in [0, 0.1) is 5.21 Å². The highest BCUT2D eigenvalue weighted by atomic mass is 32.2. The molecule has 7 N–H and O–H groups in total. The van der Waals surface area contributed by atoms with E-state index in [1.807, 2.05) is 5.32 Å². The zero-order valence-corrected chi connectivity index (χ0v) is 19.6. The van der Waals surface area contributed by atoms with Crippen LogP contribution < -0.4 is 16.4 Å². The van der Waals surface area contributed by atoms with E-state index in [1.165, 1.54) is 5.01 Å². The van der Waals surface area contributed by atoms with E-state index in [2.05, 4.69) is 10.6 Å². The van der Waals surface area contributed by atoms with E-state index in [0.717, 1.165) is 0 Å². The third kappa shape index (κ3) is 12.1. The van der Waals surface area contributed by atoms with E-state index in [-0.39, 0.29) is 24.5 Å². The number of carboxylic acid groups (broad SMARTS) is 2. The average Bonchev–Trinajstić information content (AvgIpc) is 2.78. The first-order chi connectivity index (χ1) is 16.3. The minimum Gasteiger partial charge on any atom is -0.569 e. The summed E-state index contributed by atoms with van der Waals surface area (Å²) in [5.41, 5.74) is 5.30. The van der Waals surface area contributed by atoms with E-state index < -0.39 is 82.9 Å². The van der Waals surface area contributed by atoms with Gasteiger partial charge in [0.15, 0.2) is 9.84 Å². The van der Waals surface area contributed by atoms with Crippen LogP contribution in [0.2, 0.25) is 0 Å². The molecule has 1 rings (SSSR count). The highest BCUT2D eigenvalue weighted by Gasteiger charge is 2.28. The van der Waals surface area contributed by atoms with Crippen LogP contribution in [-0.2, 0) is 33.9 Å². The zero-order valence-electron chi connectivity index (χ0n) is 18.7. The normalized spacial score (nSPS) is 16.7. The molecule has 0 unspecified atom stereocenters. The highest BCUT2D eigenvalue weighted by molar-refractivity contribution is 7.91. The molecule has 0 aromatic rings. The molecule has 35 heavy (non-hydrogen) atoms. The molecule has 1 aliphatic rings. The van der Waals surface area contributed by atoms with Gasteiger partial charge in [-0.1, -0.05) is 0 Å². The molecule has 0 aliphatic carbocycles. The second-order valence-corrected chi connectivity index (χ2v) is 9.91. The maximum Gasteiger partial charge on any atom is 0.322 e. The van der Waals surface area contributed by atoms with Crippen LogP contribution in [0.4, 0.5) is 0 Å². The number of hydrogen-bond donors (Lipinski definition) is 6. The van der Waals surface area contributed by atoms with E-state index in [4.69, 9.17) is 20.8 Å². The number of sulfone groups is 1. The summed E-state index contributed by atoms with van der Waals surface area (Å²) in [5, 5.41) is 47.2. The molecule has 2 atom stereocenters. The quantitative estimate of drug-likeness (QED) is 0.0525. The van der Waals surface area contributed by atoms with Crippen LogP contribution in [-0.4, -0.2) is 113 Å². The standard InChI is InChI=1S/C17H30N6O11S/c18-12(17(29)30)1-2-14(25)20-13(16(28)19-9-15(26)27)10-35(32,33)8-7-34-21-23(31)22-5-3-11(24)4-6-22/h11-13,24H,1-10,18H2,(H,19,28)(H,20,25)(H,26,27)(H,29,30)/b23-21+/t12-,13-/m0/s1. The zero-order chi connectivity index (χ0) is 26.6. The molecule has 18 heteroatoms. The van der Waals surface area contributed by atoms with Crippen LogP contribution >= 0.6 is 0 Å². The van der Waals surface area contributed by atoms with Crippen LogP contribution in [0.25, 0.3) is 0 Å². The Labute approximate surface area is 200 Å². The molecule has 0 bridgehead atoms. The largest absolute Gasteiger partial charge is 0.569 e. The molecule has 0 aromatic carbocycles. The molecule has 0 aromatic heterocycles. The van der Waals surface area contributed by atoms with Crippen molar-refractivity contribution < 1.29 is 52.7 Å². The molecule has 2 amide bonds. The van der Waals surface area contributed by atoms with Crippen molar-refractivity contribution in [2.75, 3.05) is 37.7 Å². The number of hydrogen-bond acceptors (Lipinski definition) is 11. The topological polar surface area (TPSA) is 264 Å². The number of aliphatic carboxylic acids is 2. The van der Waals surface area contributed by atoms with Gasteiger partial charge in [-0.25, -0.2) is 8.42 Å². The number of nitrogens with one attached hydrogen (secondary N) is 2. The fraction of sp³-hybridized carbons (Fsp3) is 0.765. The van der Waals surface area contributed by atoms with Gasteiger partial charge in [0.2, 0.25) is 17.1 Å². The van der Waals surface area contributed by atoms with Crippen molar-refractivity contribution in [3.05, 3.63) is 5.21 Å². The van der Waals surface area contributed by atoms with Crippen molar-refractivity contribution in [1.29, 1.82) is 0 Å². The molecule has 1 heterocycles. The number of rotatable bonds is 15. The Bertz CT molecular complexity index is 889. The molecule has 200 valence electrons. The Morgan fingerprint density at radius 3 is 2.43 bits per heavy atom. The van der Waals surface area contributed by atoms with Gasteiger partial charge in [-0.05, 0) is 19.3 Å². The van der Waals surface area contributed by atoms with E-state index in [0.29, 0.717) is 12.8 Å². The summed E-state index contributed by atoms with van der Waals surface area (Å²) in [7, 11) is -4.08. The first-order valence-electron chi connectivity index (χ1n) is 10.5. The molecule has 17 nitrogen and oxygen atoms in total. The number of carboxylic acids is 2. The number of aliphatic hydroxyl groups is 1. The number of amides is 2. The number of nitrogens with zero attached hydrogens (tertiary/aromatic N) is 3. The van der Waals surface area contributed by atoms with Gasteiger partial charge >= 0.3 is 11.9 Å². The summed E-state index contributed by atoms with van der Waals surface area (Å²) in [6.07, 6.45) is -0.496. The molecule has 0 spiro atoms. The third-order valence-electron chi connectivity index (χ3n) is 4.78. The van der Waals surface area contributed by atoms with Crippen LogP contribution in [0.15, 0.2) is 5.28 Å². The fourth-order valence-electron chi connectivity index (χ4n) is 2.81.